The molecule has 5 atom stereocenters. The van der Waals surface area contributed by atoms with Crippen LogP contribution in [0.25, 0.3) is 0 Å². The number of carbonyl (C=O) groups is 3. The van der Waals surface area contributed by atoms with Gasteiger partial charge in [0.25, 0.3) is 0 Å². The summed E-state index contributed by atoms with van der Waals surface area (Å²) in [7, 11) is 0. The summed E-state index contributed by atoms with van der Waals surface area (Å²) >= 11 is 1.56. The van der Waals surface area contributed by atoms with Crippen molar-refractivity contribution in [2.45, 2.75) is 50.6 Å². The molecule has 30 heavy (non-hydrogen) atoms. The summed E-state index contributed by atoms with van der Waals surface area (Å²) in [5.74, 6) is -2.15. The molecule has 2 saturated heterocycles. The van der Waals surface area contributed by atoms with Crippen molar-refractivity contribution in [3.05, 3.63) is 47.2 Å². The number of thiophene rings is 1. The zero-order chi connectivity index (χ0) is 21.7. The molecule has 2 N–H and O–H groups in total. The van der Waals surface area contributed by atoms with Crippen LogP contribution in [0.3, 0.4) is 0 Å². The summed E-state index contributed by atoms with van der Waals surface area (Å²) in [6.07, 6.45) is 4.69. The highest BCUT2D eigenvalue weighted by molar-refractivity contribution is 7.09. The van der Waals surface area contributed by atoms with Gasteiger partial charge in [-0.2, -0.15) is 0 Å². The molecule has 1 aromatic heterocycles. The fraction of sp³-hybridized carbons (Fsp3) is 0.500. The maximum Gasteiger partial charge on any atom is 0.246 e. The highest BCUT2D eigenvalue weighted by Gasteiger charge is 2.72. The van der Waals surface area contributed by atoms with Crippen LogP contribution in [0.2, 0.25) is 0 Å². The maximum absolute atomic E-state index is 13.4. The van der Waals surface area contributed by atoms with Crippen LogP contribution in [0.1, 0.15) is 25.6 Å². The molecule has 0 aromatic carbocycles. The highest BCUT2D eigenvalue weighted by atomic mass is 32.1. The SMILES string of the molecule is C=CCN1C(=O)[C@H]2[C@@H](C(=O)NCc3cccs3)[C@H]3C=C[C@]2(O3)[C@H]1C(=O)NC(C)(C)C. The molecule has 8 heteroatoms. The number of rotatable bonds is 6. The van der Waals surface area contributed by atoms with Crippen molar-refractivity contribution in [2.24, 2.45) is 11.8 Å². The van der Waals surface area contributed by atoms with Gasteiger partial charge in [-0.15, -0.1) is 17.9 Å². The van der Waals surface area contributed by atoms with Gasteiger partial charge in [-0.25, -0.2) is 0 Å². The molecule has 0 unspecified atom stereocenters. The number of hydrogen-bond donors (Lipinski definition) is 2. The summed E-state index contributed by atoms with van der Waals surface area (Å²) in [6.45, 7) is 10.0. The van der Waals surface area contributed by atoms with Gasteiger partial charge in [0.05, 0.1) is 24.5 Å². The Morgan fingerprint density at radius 3 is 2.77 bits per heavy atom. The maximum atomic E-state index is 13.4. The normalized spacial score (nSPS) is 31.7. The van der Waals surface area contributed by atoms with Gasteiger partial charge in [-0.05, 0) is 32.2 Å². The standard InChI is InChI=1S/C22H27N3O4S/c1-5-10-25-17(19(27)24-21(2,3)4)22-9-8-14(29-22)15(16(22)20(25)28)18(26)23-12-13-7-6-11-30-13/h5-9,11,14-17H,1,10,12H2,2-4H3,(H,23,26)(H,24,27)/t14-,15+,16-,17-,22-/m1/s1. The first kappa shape index (κ1) is 20.8. The van der Waals surface area contributed by atoms with Crippen molar-refractivity contribution in [2.75, 3.05) is 6.54 Å². The summed E-state index contributed by atoms with van der Waals surface area (Å²) in [5, 5.41) is 7.86. The van der Waals surface area contributed by atoms with Crippen LogP contribution >= 0.6 is 11.3 Å². The van der Waals surface area contributed by atoms with Crippen LogP contribution in [-0.4, -0.2) is 52.5 Å². The first-order chi connectivity index (χ1) is 14.2. The quantitative estimate of drug-likeness (QED) is 0.673. The Labute approximate surface area is 180 Å². The minimum absolute atomic E-state index is 0.213. The van der Waals surface area contributed by atoms with Crippen LogP contribution in [0.15, 0.2) is 42.3 Å². The lowest BCUT2D eigenvalue weighted by Gasteiger charge is -2.34. The van der Waals surface area contributed by atoms with Crippen molar-refractivity contribution >= 4 is 29.1 Å². The van der Waals surface area contributed by atoms with Crippen molar-refractivity contribution in [1.82, 2.24) is 15.5 Å². The molecular weight excluding hydrogens is 402 g/mol. The topological polar surface area (TPSA) is 87.7 Å². The average Bonchev–Trinajstić information content (AvgIpc) is 3.41. The van der Waals surface area contributed by atoms with Crippen molar-refractivity contribution in [3.8, 4) is 0 Å². The summed E-state index contributed by atoms with van der Waals surface area (Å²) in [4.78, 5) is 42.2. The molecule has 2 fully saturated rings. The van der Waals surface area contributed by atoms with Gasteiger partial charge >= 0.3 is 0 Å². The third kappa shape index (κ3) is 3.28. The van der Waals surface area contributed by atoms with Crippen LogP contribution in [0.4, 0.5) is 0 Å². The number of fused-ring (bicyclic) bond motifs is 1. The lowest BCUT2D eigenvalue weighted by Crippen LogP contribution is -2.57. The van der Waals surface area contributed by atoms with Gasteiger partial charge in [0.2, 0.25) is 17.7 Å². The molecular formula is C22H27N3O4S. The molecule has 3 aliphatic rings. The molecule has 1 aromatic rings. The van der Waals surface area contributed by atoms with Gasteiger partial charge in [-0.1, -0.05) is 24.3 Å². The van der Waals surface area contributed by atoms with Crippen LogP contribution in [0.5, 0.6) is 0 Å². The number of carbonyl (C=O) groups excluding carboxylic acids is 3. The Bertz CT molecular complexity index is 904. The zero-order valence-corrected chi connectivity index (χ0v) is 18.2. The van der Waals surface area contributed by atoms with E-state index < -0.39 is 35.1 Å². The molecule has 1 spiro atoms. The van der Waals surface area contributed by atoms with Gasteiger partial charge < -0.3 is 20.3 Å². The minimum Gasteiger partial charge on any atom is -0.359 e. The number of likely N-dealkylation sites (tertiary alicyclic amines) is 1. The first-order valence-corrected chi connectivity index (χ1v) is 11.0. The summed E-state index contributed by atoms with van der Waals surface area (Å²) in [5.41, 5.74) is -1.60. The van der Waals surface area contributed by atoms with Crippen molar-refractivity contribution in [1.29, 1.82) is 0 Å². The molecule has 2 bridgehead atoms. The van der Waals surface area contributed by atoms with Gasteiger partial charge in [-0.3, -0.25) is 14.4 Å². The number of nitrogens with one attached hydrogen (secondary N) is 2. The monoisotopic (exact) mass is 429 g/mol. The highest BCUT2D eigenvalue weighted by Crippen LogP contribution is 2.55. The number of ether oxygens (including phenoxy) is 1. The van der Waals surface area contributed by atoms with E-state index in [1.165, 1.54) is 4.90 Å². The number of nitrogens with zero attached hydrogens (tertiary/aromatic N) is 1. The van der Waals surface area contributed by atoms with E-state index in [0.717, 1.165) is 4.88 Å². The van der Waals surface area contributed by atoms with Crippen molar-refractivity contribution in [3.63, 3.8) is 0 Å². The molecule has 3 aliphatic heterocycles. The van der Waals surface area contributed by atoms with E-state index in [1.54, 1.807) is 23.5 Å². The molecule has 4 rings (SSSR count). The summed E-state index contributed by atoms with van der Waals surface area (Å²) < 4.78 is 6.22. The molecule has 0 saturated carbocycles. The Hall–Kier alpha value is -2.45. The average molecular weight is 430 g/mol. The second-order valence-electron chi connectivity index (χ2n) is 9.02. The van der Waals surface area contributed by atoms with E-state index in [2.05, 4.69) is 17.2 Å². The second kappa shape index (κ2) is 7.35. The van der Waals surface area contributed by atoms with Gasteiger partial charge in [0.1, 0.15) is 11.6 Å². The molecule has 0 aliphatic carbocycles. The van der Waals surface area contributed by atoms with E-state index in [0.29, 0.717) is 6.54 Å². The van der Waals surface area contributed by atoms with E-state index in [9.17, 15) is 14.4 Å². The van der Waals surface area contributed by atoms with Gasteiger partial charge in [0.15, 0.2) is 0 Å². The third-order valence-corrected chi connectivity index (χ3v) is 6.64. The molecule has 0 radical (unpaired) electrons. The van der Waals surface area contributed by atoms with E-state index >= 15 is 0 Å². The van der Waals surface area contributed by atoms with E-state index in [4.69, 9.17) is 4.74 Å². The number of hydrogen-bond acceptors (Lipinski definition) is 5. The largest absolute Gasteiger partial charge is 0.359 e. The predicted octanol–water partition coefficient (Wildman–Crippen LogP) is 1.62. The van der Waals surface area contributed by atoms with Crippen molar-refractivity contribution < 1.29 is 19.1 Å². The van der Waals surface area contributed by atoms with Crippen LogP contribution < -0.4 is 10.6 Å². The fourth-order valence-corrected chi connectivity index (χ4v) is 5.39. The Kier molecular flexibility index (Phi) is 5.10. The van der Waals surface area contributed by atoms with Gasteiger partial charge in [0, 0.05) is 17.0 Å². The Morgan fingerprint density at radius 2 is 2.13 bits per heavy atom. The van der Waals surface area contributed by atoms with E-state index in [-0.39, 0.29) is 24.3 Å². The van der Waals surface area contributed by atoms with E-state index in [1.807, 2.05) is 44.4 Å². The fourth-order valence-electron chi connectivity index (χ4n) is 4.75. The zero-order valence-electron chi connectivity index (χ0n) is 17.4. The first-order valence-electron chi connectivity index (χ1n) is 10.1. The number of amides is 3. The van der Waals surface area contributed by atoms with Crippen LogP contribution in [-0.2, 0) is 25.7 Å². The molecule has 3 amide bonds. The lowest BCUT2D eigenvalue weighted by atomic mass is 9.74. The lowest BCUT2D eigenvalue weighted by molar-refractivity contribution is -0.141. The Balaban J connectivity index is 1.63. The minimum atomic E-state index is -1.13. The molecule has 160 valence electrons. The summed E-state index contributed by atoms with van der Waals surface area (Å²) in [6, 6.07) is 3.03. The Morgan fingerprint density at radius 1 is 1.37 bits per heavy atom. The molecule has 7 nitrogen and oxygen atoms in total. The van der Waals surface area contributed by atoms with Crippen LogP contribution in [0, 0.1) is 11.8 Å². The molecule has 4 heterocycles. The smallest absolute Gasteiger partial charge is 0.246 e. The second-order valence-corrected chi connectivity index (χ2v) is 10.0. The third-order valence-electron chi connectivity index (χ3n) is 5.77. The predicted molar refractivity (Wildman–Crippen MR) is 113 cm³/mol.